The largest absolute Gasteiger partial charge is 0.264 e. The molecular weight excluding hydrogens is 354 g/mol. The summed E-state index contributed by atoms with van der Waals surface area (Å²) < 4.78 is 28.3. The molecule has 0 aliphatic rings. The van der Waals surface area contributed by atoms with Gasteiger partial charge in [0.15, 0.2) is 0 Å². The summed E-state index contributed by atoms with van der Waals surface area (Å²) in [6, 6.07) is 26.2. The molecule has 0 radical (unpaired) electrons. The average Bonchev–Trinajstić information content (AvgIpc) is 2.73. The Kier molecular flexibility index (Phi) is 5.97. The third-order valence-corrected chi connectivity index (χ3v) is 6.65. The van der Waals surface area contributed by atoms with Gasteiger partial charge in [-0.05, 0) is 47.7 Å². The van der Waals surface area contributed by atoms with Crippen LogP contribution in [0.15, 0.2) is 89.8 Å². The minimum Gasteiger partial charge on any atom is -0.262 e. The van der Waals surface area contributed by atoms with Crippen molar-refractivity contribution in [3.05, 3.63) is 96.1 Å². The molecule has 140 valence electrons. The smallest absolute Gasteiger partial charge is 0.262 e. The van der Waals surface area contributed by atoms with Crippen LogP contribution in [0.4, 0.5) is 5.69 Å². The fourth-order valence-electron chi connectivity index (χ4n) is 2.99. The number of benzene rings is 3. The van der Waals surface area contributed by atoms with Crippen molar-refractivity contribution in [3.8, 4) is 0 Å². The van der Waals surface area contributed by atoms with E-state index >= 15 is 0 Å². The number of hydrogen-bond donors (Lipinski definition) is 0. The zero-order valence-electron chi connectivity index (χ0n) is 15.7. The summed E-state index contributed by atoms with van der Waals surface area (Å²) in [6.07, 6.45) is 1.02. The first-order valence-electron chi connectivity index (χ1n) is 9.24. The molecule has 0 aromatic heterocycles. The van der Waals surface area contributed by atoms with E-state index in [1.54, 1.807) is 12.1 Å². The molecule has 3 aromatic rings. The quantitative estimate of drug-likeness (QED) is 0.536. The molecule has 0 saturated carbocycles. The minimum absolute atomic E-state index is 0.292. The summed E-state index contributed by atoms with van der Waals surface area (Å²) in [7, 11) is -3.67. The lowest BCUT2D eigenvalue weighted by Crippen LogP contribution is -2.30. The van der Waals surface area contributed by atoms with Crippen molar-refractivity contribution in [1.82, 2.24) is 0 Å². The molecule has 0 aliphatic carbocycles. The molecule has 0 aliphatic heterocycles. The van der Waals surface area contributed by atoms with Gasteiger partial charge >= 0.3 is 0 Å². The summed E-state index contributed by atoms with van der Waals surface area (Å²) in [5.41, 5.74) is 2.76. The first-order chi connectivity index (χ1) is 13.0. The van der Waals surface area contributed by atoms with E-state index in [4.69, 9.17) is 0 Å². The SMILES string of the molecule is CCC(C)c1ccc(S(=O)(=O)N(Cc2ccccc2)c2ccccc2)cc1. The predicted octanol–water partition coefficient (Wildman–Crippen LogP) is 5.60. The van der Waals surface area contributed by atoms with Crippen molar-refractivity contribution in [2.75, 3.05) is 4.31 Å². The molecule has 1 atom stereocenters. The molecule has 27 heavy (non-hydrogen) atoms. The Morgan fingerprint density at radius 3 is 1.93 bits per heavy atom. The summed E-state index contributed by atoms with van der Waals surface area (Å²) in [6.45, 7) is 4.57. The second-order valence-corrected chi connectivity index (χ2v) is 8.57. The van der Waals surface area contributed by atoms with Crippen LogP contribution < -0.4 is 4.31 Å². The van der Waals surface area contributed by atoms with Crippen molar-refractivity contribution >= 4 is 15.7 Å². The molecular formula is C23H25NO2S. The van der Waals surface area contributed by atoms with E-state index in [0.29, 0.717) is 23.0 Å². The van der Waals surface area contributed by atoms with Gasteiger partial charge in [0.05, 0.1) is 17.1 Å². The minimum atomic E-state index is -3.67. The molecule has 0 bridgehead atoms. The van der Waals surface area contributed by atoms with Gasteiger partial charge in [-0.3, -0.25) is 4.31 Å². The lowest BCUT2D eigenvalue weighted by molar-refractivity contribution is 0.590. The maximum absolute atomic E-state index is 13.4. The second-order valence-electron chi connectivity index (χ2n) is 6.71. The van der Waals surface area contributed by atoms with Gasteiger partial charge in [-0.15, -0.1) is 0 Å². The zero-order chi connectivity index (χ0) is 19.3. The Labute approximate surface area is 162 Å². The monoisotopic (exact) mass is 379 g/mol. The van der Waals surface area contributed by atoms with E-state index < -0.39 is 10.0 Å². The summed E-state index contributed by atoms with van der Waals surface area (Å²) >= 11 is 0. The highest BCUT2D eigenvalue weighted by Crippen LogP contribution is 2.27. The molecule has 0 saturated heterocycles. The number of nitrogens with zero attached hydrogens (tertiary/aromatic N) is 1. The molecule has 3 nitrogen and oxygen atoms in total. The highest BCUT2D eigenvalue weighted by Gasteiger charge is 2.25. The first kappa shape index (κ1) is 19.2. The van der Waals surface area contributed by atoms with Crippen LogP contribution in [0.1, 0.15) is 37.3 Å². The Bertz CT molecular complexity index is 952. The molecule has 0 spiro atoms. The van der Waals surface area contributed by atoms with E-state index in [2.05, 4.69) is 13.8 Å². The molecule has 0 heterocycles. The van der Waals surface area contributed by atoms with Crippen LogP contribution in [0.2, 0.25) is 0 Å². The van der Waals surface area contributed by atoms with Gasteiger partial charge < -0.3 is 0 Å². The van der Waals surface area contributed by atoms with E-state index in [1.807, 2.05) is 72.8 Å². The zero-order valence-corrected chi connectivity index (χ0v) is 16.6. The van der Waals surface area contributed by atoms with E-state index in [9.17, 15) is 8.42 Å². The van der Waals surface area contributed by atoms with E-state index in [0.717, 1.165) is 17.5 Å². The second kappa shape index (κ2) is 8.40. The third kappa shape index (κ3) is 4.40. The Morgan fingerprint density at radius 1 is 0.815 bits per heavy atom. The van der Waals surface area contributed by atoms with Crippen LogP contribution in [-0.2, 0) is 16.6 Å². The lowest BCUT2D eigenvalue weighted by atomic mass is 9.99. The van der Waals surface area contributed by atoms with Gasteiger partial charge in [-0.2, -0.15) is 0 Å². The van der Waals surface area contributed by atoms with Crippen molar-refractivity contribution in [1.29, 1.82) is 0 Å². The van der Waals surface area contributed by atoms with Gasteiger partial charge in [-0.25, -0.2) is 8.42 Å². The van der Waals surface area contributed by atoms with E-state index in [-0.39, 0.29) is 0 Å². The highest BCUT2D eigenvalue weighted by molar-refractivity contribution is 7.92. The number of para-hydroxylation sites is 1. The molecule has 4 heteroatoms. The molecule has 0 N–H and O–H groups in total. The predicted molar refractivity (Wildman–Crippen MR) is 111 cm³/mol. The number of rotatable bonds is 7. The molecule has 0 fully saturated rings. The summed E-state index contributed by atoms with van der Waals surface area (Å²) in [4.78, 5) is 0.314. The molecule has 1 unspecified atom stereocenters. The molecule has 0 amide bonds. The normalized spacial score (nSPS) is 12.5. The van der Waals surface area contributed by atoms with Gasteiger partial charge in [0.1, 0.15) is 0 Å². The fourth-order valence-corrected chi connectivity index (χ4v) is 4.44. The maximum Gasteiger partial charge on any atom is 0.264 e. The van der Waals surface area contributed by atoms with Crippen LogP contribution in [0, 0.1) is 0 Å². The molecule has 3 aromatic carbocycles. The Balaban J connectivity index is 1.99. The Morgan fingerprint density at radius 2 is 1.37 bits per heavy atom. The summed E-state index contributed by atoms with van der Waals surface area (Å²) in [5.74, 6) is 0.413. The Hall–Kier alpha value is -2.59. The molecule has 3 rings (SSSR count). The van der Waals surface area contributed by atoms with E-state index in [1.165, 1.54) is 4.31 Å². The van der Waals surface area contributed by atoms with Gasteiger partial charge in [0.2, 0.25) is 0 Å². The first-order valence-corrected chi connectivity index (χ1v) is 10.7. The van der Waals surface area contributed by atoms with Crippen molar-refractivity contribution in [3.63, 3.8) is 0 Å². The van der Waals surface area contributed by atoms with Crippen LogP contribution >= 0.6 is 0 Å². The average molecular weight is 380 g/mol. The maximum atomic E-state index is 13.4. The van der Waals surface area contributed by atoms with Gasteiger partial charge in [-0.1, -0.05) is 74.5 Å². The van der Waals surface area contributed by atoms with Crippen molar-refractivity contribution < 1.29 is 8.42 Å². The topological polar surface area (TPSA) is 37.4 Å². The highest BCUT2D eigenvalue weighted by atomic mass is 32.2. The lowest BCUT2D eigenvalue weighted by Gasteiger charge is -2.25. The van der Waals surface area contributed by atoms with Crippen LogP contribution in [0.5, 0.6) is 0 Å². The number of hydrogen-bond acceptors (Lipinski definition) is 2. The van der Waals surface area contributed by atoms with Crippen molar-refractivity contribution in [2.45, 2.75) is 37.6 Å². The van der Waals surface area contributed by atoms with Crippen LogP contribution in [0.3, 0.4) is 0 Å². The van der Waals surface area contributed by atoms with Crippen LogP contribution in [0.25, 0.3) is 0 Å². The summed E-state index contributed by atoms with van der Waals surface area (Å²) in [5, 5.41) is 0. The van der Waals surface area contributed by atoms with Crippen molar-refractivity contribution in [2.24, 2.45) is 0 Å². The number of anilines is 1. The van der Waals surface area contributed by atoms with Crippen LogP contribution in [-0.4, -0.2) is 8.42 Å². The van der Waals surface area contributed by atoms with Gasteiger partial charge in [0.25, 0.3) is 10.0 Å². The third-order valence-electron chi connectivity index (χ3n) is 4.86. The standard InChI is InChI=1S/C23H25NO2S/c1-3-19(2)21-14-16-23(17-15-21)27(25,26)24(22-12-8-5-9-13-22)18-20-10-6-4-7-11-20/h4-17,19H,3,18H2,1-2H3. The van der Waals surface area contributed by atoms with Gasteiger partial charge in [0, 0.05) is 0 Å². The number of sulfonamides is 1. The fraction of sp³-hybridized carbons (Fsp3) is 0.217.